The van der Waals surface area contributed by atoms with E-state index in [4.69, 9.17) is 4.74 Å². The maximum atomic E-state index is 11.9. The van der Waals surface area contributed by atoms with Crippen LogP contribution >= 0.6 is 0 Å². The van der Waals surface area contributed by atoms with E-state index in [1.165, 1.54) is 0 Å². The van der Waals surface area contributed by atoms with Gasteiger partial charge in [0.2, 0.25) is 5.91 Å². The van der Waals surface area contributed by atoms with E-state index in [0.717, 1.165) is 4.90 Å². The molecule has 0 atom stereocenters. The van der Waals surface area contributed by atoms with Crippen molar-refractivity contribution in [3.05, 3.63) is 0 Å². The zero-order valence-electron chi connectivity index (χ0n) is 12.5. The number of carbonyl (C=O) groups is 4. The maximum absolute atomic E-state index is 11.9. The molecule has 2 N–H and O–H groups in total. The van der Waals surface area contributed by atoms with Gasteiger partial charge in [-0.3, -0.25) is 19.3 Å². The molecule has 1 saturated heterocycles. The fourth-order valence-corrected chi connectivity index (χ4v) is 1.86. The van der Waals surface area contributed by atoms with Gasteiger partial charge in [-0.05, 0) is 20.8 Å². The number of ether oxygens (including phenoxy) is 1. The van der Waals surface area contributed by atoms with Gasteiger partial charge in [0.1, 0.15) is 5.54 Å². The van der Waals surface area contributed by atoms with Crippen molar-refractivity contribution in [3.8, 4) is 0 Å². The Kier molecular flexibility index (Phi) is 5.69. The van der Waals surface area contributed by atoms with E-state index >= 15 is 0 Å². The molecule has 0 aromatic rings. The fraction of sp³-hybridized carbons (Fsp3) is 0.692. The standard InChI is InChI=1S/C13H21N3O5/c1-4-21-10(18)5-7-14-9(17)6-8-16-11(19)13(2,3)15-12(16)20/h4-8H2,1-3H3,(H,14,17)(H,15,20). The highest BCUT2D eigenvalue weighted by Crippen LogP contribution is 2.16. The van der Waals surface area contributed by atoms with Crippen LogP contribution in [0.1, 0.15) is 33.6 Å². The van der Waals surface area contributed by atoms with E-state index in [-0.39, 0.29) is 43.7 Å². The van der Waals surface area contributed by atoms with Gasteiger partial charge in [0.25, 0.3) is 5.91 Å². The zero-order valence-corrected chi connectivity index (χ0v) is 12.5. The molecule has 1 rings (SSSR count). The highest BCUT2D eigenvalue weighted by atomic mass is 16.5. The van der Waals surface area contributed by atoms with Crippen molar-refractivity contribution in [2.45, 2.75) is 39.2 Å². The van der Waals surface area contributed by atoms with Gasteiger partial charge in [-0.15, -0.1) is 0 Å². The lowest BCUT2D eigenvalue weighted by molar-refractivity contribution is -0.143. The van der Waals surface area contributed by atoms with Crippen molar-refractivity contribution in [1.82, 2.24) is 15.5 Å². The Morgan fingerprint density at radius 1 is 1.29 bits per heavy atom. The molecule has 21 heavy (non-hydrogen) atoms. The van der Waals surface area contributed by atoms with Crippen molar-refractivity contribution < 1.29 is 23.9 Å². The summed E-state index contributed by atoms with van der Waals surface area (Å²) < 4.78 is 4.72. The van der Waals surface area contributed by atoms with E-state index in [0.29, 0.717) is 6.61 Å². The van der Waals surface area contributed by atoms with Gasteiger partial charge in [0.15, 0.2) is 0 Å². The number of hydrogen-bond acceptors (Lipinski definition) is 5. The molecule has 0 saturated carbocycles. The number of urea groups is 1. The van der Waals surface area contributed by atoms with Crippen LogP contribution in [0.3, 0.4) is 0 Å². The molecular weight excluding hydrogens is 278 g/mol. The number of esters is 1. The number of nitrogens with zero attached hydrogens (tertiary/aromatic N) is 1. The SMILES string of the molecule is CCOC(=O)CCNC(=O)CCN1C(=O)NC(C)(C)C1=O. The number of nitrogens with one attached hydrogen (secondary N) is 2. The van der Waals surface area contributed by atoms with Gasteiger partial charge in [0.05, 0.1) is 13.0 Å². The Labute approximate surface area is 123 Å². The summed E-state index contributed by atoms with van der Waals surface area (Å²) in [6.07, 6.45) is 0.0911. The summed E-state index contributed by atoms with van der Waals surface area (Å²) >= 11 is 0. The van der Waals surface area contributed by atoms with Crippen molar-refractivity contribution in [2.75, 3.05) is 19.7 Å². The monoisotopic (exact) mass is 299 g/mol. The summed E-state index contributed by atoms with van der Waals surface area (Å²) in [6, 6.07) is -0.496. The van der Waals surface area contributed by atoms with Crippen LogP contribution in [0.2, 0.25) is 0 Å². The molecule has 4 amide bonds. The van der Waals surface area contributed by atoms with Gasteiger partial charge >= 0.3 is 12.0 Å². The third-order valence-electron chi connectivity index (χ3n) is 2.96. The third kappa shape index (κ3) is 4.73. The Bertz CT molecular complexity index is 447. The largest absolute Gasteiger partial charge is 0.466 e. The fourth-order valence-electron chi connectivity index (χ4n) is 1.86. The van der Waals surface area contributed by atoms with Crippen molar-refractivity contribution >= 4 is 23.8 Å². The highest BCUT2D eigenvalue weighted by molar-refractivity contribution is 6.06. The zero-order chi connectivity index (χ0) is 16.0. The van der Waals surface area contributed by atoms with Crippen molar-refractivity contribution in [2.24, 2.45) is 0 Å². The summed E-state index contributed by atoms with van der Waals surface area (Å²) in [6.45, 7) is 5.40. The molecule has 0 bridgehead atoms. The quantitative estimate of drug-likeness (QED) is 0.499. The normalized spacial score (nSPS) is 16.6. The molecule has 0 aromatic heterocycles. The molecule has 1 heterocycles. The molecule has 0 radical (unpaired) electrons. The predicted octanol–water partition coefficient (Wildman–Crippen LogP) is -0.224. The Balaban J connectivity index is 2.29. The van der Waals surface area contributed by atoms with E-state index in [1.807, 2.05) is 0 Å². The topological polar surface area (TPSA) is 105 Å². The predicted molar refractivity (Wildman–Crippen MR) is 73.2 cm³/mol. The molecule has 0 unspecified atom stereocenters. The maximum Gasteiger partial charge on any atom is 0.325 e. The van der Waals surface area contributed by atoms with E-state index < -0.39 is 11.6 Å². The molecule has 8 nitrogen and oxygen atoms in total. The summed E-state index contributed by atoms with van der Waals surface area (Å²) in [7, 11) is 0. The molecule has 8 heteroatoms. The summed E-state index contributed by atoms with van der Waals surface area (Å²) in [5.74, 6) is -1.06. The Morgan fingerprint density at radius 2 is 1.95 bits per heavy atom. The number of rotatable bonds is 7. The third-order valence-corrected chi connectivity index (χ3v) is 2.96. The minimum atomic E-state index is -0.933. The molecular formula is C13H21N3O5. The molecule has 1 aliphatic rings. The first-order chi connectivity index (χ1) is 9.77. The smallest absolute Gasteiger partial charge is 0.325 e. The molecule has 1 aliphatic heterocycles. The van der Waals surface area contributed by atoms with E-state index in [9.17, 15) is 19.2 Å². The first-order valence-corrected chi connectivity index (χ1v) is 6.84. The van der Waals surface area contributed by atoms with Crippen molar-refractivity contribution in [3.63, 3.8) is 0 Å². The minimum Gasteiger partial charge on any atom is -0.466 e. The lowest BCUT2D eigenvalue weighted by Crippen LogP contribution is -2.40. The van der Waals surface area contributed by atoms with Crippen LogP contribution in [-0.4, -0.2) is 54.0 Å². The van der Waals surface area contributed by atoms with Gasteiger partial charge in [-0.25, -0.2) is 4.79 Å². The Morgan fingerprint density at radius 3 is 2.48 bits per heavy atom. The summed E-state index contributed by atoms with van der Waals surface area (Å²) in [5.41, 5.74) is -0.933. The number of imide groups is 1. The van der Waals surface area contributed by atoms with Crippen LogP contribution in [-0.2, 0) is 19.1 Å². The second-order valence-corrected chi connectivity index (χ2v) is 5.17. The van der Waals surface area contributed by atoms with Gasteiger partial charge in [-0.2, -0.15) is 0 Å². The second kappa shape index (κ2) is 7.05. The molecule has 118 valence electrons. The lowest BCUT2D eigenvalue weighted by atomic mass is 10.1. The second-order valence-electron chi connectivity index (χ2n) is 5.17. The van der Waals surface area contributed by atoms with Crippen LogP contribution in [0.5, 0.6) is 0 Å². The Hall–Kier alpha value is -2.12. The van der Waals surface area contributed by atoms with Crippen LogP contribution in [0.25, 0.3) is 0 Å². The van der Waals surface area contributed by atoms with E-state index in [1.54, 1.807) is 20.8 Å². The minimum absolute atomic E-state index is 0.00192. The van der Waals surface area contributed by atoms with Gasteiger partial charge in [0, 0.05) is 19.5 Å². The van der Waals surface area contributed by atoms with Crippen LogP contribution < -0.4 is 10.6 Å². The number of hydrogen-bond donors (Lipinski definition) is 2. The first kappa shape index (κ1) is 16.9. The number of carbonyl (C=O) groups excluding carboxylic acids is 4. The molecule has 1 fully saturated rings. The molecule has 0 spiro atoms. The van der Waals surface area contributed by atoms with Crippen molar-refractivity contribution in [1.29, 1.82) is 0 Å². The number of amides is 4. The van der Waals surface area contributed by atoms with Gasteiger partial charge < -0.3 is 15.4 Å². The van der Waals surface area contributed by atoms with Crippen LogP contribution in [0.15, 0.2) is 0 Å². The van der Waals surface area contributed by atoms with Gasteiger partial charge in [-0.1, -0.05) is 0 Å². The lowest BCUT2D eigenvalue weighted by Gasteiger charge is -2.15. The van der Waals surface area contributed by atoms with Crippen LogP contribution in [0.4, 0.5) is 4.79 Å². The molecule has 0 aliphatic carbocycles. The summed E-state index contributed by atoms with van der Waals surface area (Å²) in [4.78, 5) is 47.1. The average Bonchev–Trinajstić information content (AvgIpc) is 2.57. The average molecular weight is 299 g/mol. The highest BCUT2D eigenvalue weighted by Gasteiger charge is 2.43. The summed E-state index contributed by atoms with van der Waals surface area (Å²) in [5, 5.41) is 5.07. The first-order valence-electron chi connectivity index (χ1n) is 6.84. The molecule has 0 aromatic carbocycles. The van der Waals surface area contributed by atoms with Crippen LogP contribution in [0, 0.1) is 0 Å². The van der Waals surface area contributed by atoms with E-state index in [2.05, 4.69) is 10.6 Å².